The van der Waals surface area contributed by atoms with E-state index >= 15 is 0 Å². The minimum absolute atomic E-state index is 0.244. The summed E-state index contributed by atoms with van der Waals surface area (Å²) in [5, 5.41) is 0. The lowest BCUT2D eigenvalue weighted by Crippen LogP contribution is -2.38. The van der Waals surface area contributed by atoms with Crippen LogP contribution in [0.15, 0.2) is 28.9 Å². The van der Waals surface area contributed by atoms with Crippen molar-refractivity contribution >= 4 is 11.7 Å². The van der Waals surface area contributed by atoms with Gasteiger partial charge in [0.15, 0.2) is 0 Å². The summed E-state index contributed by atoms with van der Waals surface area (Å²) in [4.78, 5) is 22.6. The molecule has 0 aromatic heterocycles. The maximum absolute atomic E-state index is 11.7. The Balaban J connectivity index is 1.71. The largest absolute Gasteiger partial charge is 0.299 e. The molecule has 0 aromatic carbocycles. The number of Topliss-reactive ketones (excluding diaryl/α,β-unsaturated/α-hetero) is 1. The molecule has 4 aliphatic rings. The molecular weight excluding hydrogens is 272 g/mol. The van der Waals surface area contributed by atoms with Gasteiger partial charge in [0.1, 0.15) is 11.7 Å². The lowest BCUT2D eigenvalue weighted by molar-refractivity contribution is -0.118. The van der Waals surface area contributed by atoms with Crippen molar-refractivity contribution in [2.45, 2.75) is 58.3 Å². The van der Waals surface area contributed by atoms with Crippen LogP contribution in [0.1, 0.15) is 58.3 Å². The van der Waals surface area contributed by atoms with E-state index in [4.69, 9.17) is 0 Å². The second-order valence-corrected chi connectivity index (χ2v) is 7.89. The van der Waals surface area contributed by atoms with Crippen LogP contribution in [0.2, 0.25) is 0 Å². The Hall–Kier alpha value is -1.40. The molecule has 0 amide bonds. The highest BCUT2D eigenvalue weighted by Gasteiger charge is 2.52. The third-order valence-corrected chi connectivity index (χ3v) is 7.00. The van der Waals surface area contributed by atoms with E-state index in [1.54, 1.807) is 11.6 Å². The summed E-state index contributed by atoms with van der Waals surface area (Å²) in [6.07, 6.45) is 12.4. The van der Waals surface area contributed by atoms with Crippen LogP contribution in [0.3, 0.4) is 0 Å². The van der Waals surface area contributed by atoms with Gasteiger partial charge in [-0.05, 0) is 72.8 Å². The van der Waals surface area contributed by atoms with Crippen molar-refractivity contribution in [2.24, 2.45) is 23.2 Å². The van der Waals surface area contributed by atoms with Crippen LogP contribution in [-0.2, 0) is 9.59 Å². The quantitative estimate of drug-likeness (QED) is 0.680. The normalized spacial score (nSPS) is 40.3. The van der Waals surface area contributed by atoms with Crippen LogP contribution in [-0.4, -0.2) is 11.7 Å². The monoisotopic (exact) mass is 296 g/mol. The summed E-state index contributed by atoms with van der Waals surface area (Å²) < 4.78 is 0. The van der Waals surface area contributed by atoms with Gasteiger partial charge in [-0.2, -0.15) is 0 Å². The van der Waals surface area contributed by atoms with Crippen LogP contribution in [0.25, 0.3) is 0 Å². The van der Waals surface area contributed by atoms with Gasteiger partial charge < -0.3 is 0 Å². The average molecular weight is 296 g/mol. The minimum Gasteiger partial charge on any atom is -0.299 e. The van der Waals surface area contributed by atoms with E-state index in [1.165, 1.54) is 24.0 Å². The predicted molar refractivity (Wildman–Crippen MR) is 85.9 cm³/mol. The molecule has 0 unspecified atom stereocenters. The summed E-state index contributed by atoms with van der Waals surface area (Å²) >= 11 is 0. The summed E-state index contributed by atoms with van der Waals surface area (Å²) in [6, 6.07) is 0. The van der Waals surface area contributed by atoms with Gasteiger partial charge >= 0.3 is 0 Å². The van der Waals surface area contributed by atoms with Crippen LogP contribution in [0, 0.1) is 23.2 Å². The fraction of sp³-hybridized carbons (Fsp3) is 0.650. The molecule has 2 heteroatoms. The van der Waals surface area contributed by atoms with Crippen molar-refractivity contribution in [1.29, 1.82) is 0 Å². The van der Waals surface area contributed by atoms with E-state index in [0.717, 1.165) is 32.1 Å². The van der Waals surface area contributed by atoms with Crippen LogP contribution in [0.5, 0.6) is 0 Å². The van der Waals surface area contributed by atoms with Crippen LogP contribution in [0.4, 0.5) is 0 Å². The van der Waals surface area contributed by atoms with Crippen molar-refractivity contribution in [1.82, 2.24) is 0 Å². The van der Waals surface area contributed by atoms with Crippen LogP contribution < -0.4 is 0 Å². The summed E-state index contributed by atoms with van der Waals surface area (Å²) in [5.74, 6) is 4.24. The number of rotatable bonds is 1. The van der Waals surface area contributed by atoms with Crippen molar-refractivity contribution in [3.8, 4) is 0 Å². The molecule has 0 heterocycles. The minimum atomic E-state index is 0.244. The molecule has 4 atom stereocenters. The van der Waals surface area contributed by atoms with E-state index in [1.807, 2.05) is 5.94 Å². The molecule has 0 aromatic rings. The Morgan fingerprint density at radius 3 is 2.91 bits per heavy atom. The number of carbonyl (C=O) groups excluding carboxylic acids is 2. The summed E-state index contributed by atoms with van der Waals surface area (Å²) in [7, 11) is 0. The molecular formula is C20H24O2. The first-order valence-corrected chi connectivity index (χ1v) is 8.77. The summed E-state index contributed by atoms with van der Waals surface area (Å²) in [5.41, 5.74) is 4.79. The zero-order valence-electron chi connectivity index (χ0n) is 13.4. The molecule has 1 fully saturated rings. The number of allylic oxidation sites excluding steroid dienone is 5. The fourth-order valence-electron chi connectivity index (χ4n) is 5.81. The third-order valence-electron chi connectivity index (χ3n) is 7.00. The maximum Gasteiger partial charge on any atom is 0.137 e. The zero-order valence-corrected chi connectivity index (χ0v) is 13.4. The Labute approximate surface area is 132 Å². The Bertz CT molecular complexity index is 632. The number of carbonyl (C=O) groups is 1. The first kappa shape index (κ1) is 14.2. The average Bonchev–Trinajstić information content (AvgIpc) is 2.84. The summed E-state index contributed by atoms with van der Waals surface area (Å²) in [6.45, 7) is 2.38. The second kappa shape index (κ2) is 5.06. The van der Waals surface area contributed by atoms with Gasteiger partial charge in [0, 0.05) is 18.9 Å². The van der Waals surface area contributed by atoms with Gasteiger partial charge in [0.2, 0.25) is 0 Å². The molecule has 0 aliphatic heterocycles. The second-order valence-electron chi connectivity index (χ2n) is 7.89. The van der Waals surface area contributed by atoms with E-state index in [0.29, 0.717) is 30.0 Å². The van der Waals surface area contributed by atoms with Gasteiger partial charge in [0.25, 0.3) is 0 Å². The lowest BCUT2D eigenvalue weighted by Gasteiger charge is -2.47. The van der Waals surface area contributed by atoms with Crippen molar-refractivity contribution < 1.29 is 9.59 Å². The smallest absolute Gasteiger partial charge is 0.137 e. The molecule has 2 nitrogen and oxygen atoms in total. The van der Waals surface area contributed by atoms with Gasteiger partial charge in [-0.1, -0.05) is 18.6 Å². The highest BCUT2D eigenvalue weighted by molar-refractivity contribution is 5.83. The van der Waals surface area contributed by atoms with Crippen molar-refractivity contribution in [3.05, 3.63) is 28.9 Å². The van der Waals surface area contributed by atoms with Gasteiger partial charge in [-0.25, -0.2) is 4.79 Å². The van der Waals surface area contributed by atoms with Gasteiger partial charge in [-0.15, -0.1) is 0 Å². The van der Waals surface area contributed by atoms with Gasteiger partial charge in [0.05, 0.1) is 0 Å². The molecule has 116 valence electrons. The Morgan fingerprint density at radius 1 is 1.23 bits per heavy atom. The topological polar surface area (TPSA) is 34.1 Å². The van der Waals surface area contributed by atoms with E-state index in [9.17, 15) is 9.59 Å². The number of fused-ring (bicyclic) bond motifs is 4. The van der Waals surface area contributed by atoms with E-state index < -0.39 is 0 Å². The lowest BCUT2D eigenvalue weighted by atomic mass is 9.57. The molecule has 4 rings (SSSR count). The molecule has 0 N–H and O–H groups in total. The number of ketones is 1. The van der Waals surface area contributed by atoms with Crippen molar-refractivity contribution in [3.63, 3.8) is 0 Å². The highest BCUT2D eigenvalue weighted by Crippen LogP contribution is 2.61. The standard InChI is InChI=1S/C20H24O2/c1-20-10-8-17-16-6-4-15(22)12-13(16)2-5-18(17)19(20)7-3-14(20)9-11-21/h8-9,14,18-19H,2-7,10,12H2,1H3/t14-,18+,19-,20+/m0/s1. The van der Waals surface area contributed by atoms with Crippen molar-refractivity contribution in [2.75, 3.05) is 0 Å². The molecule has 0 radical (unpaired) electrons. The fourth-order valence-corrected chi connectivity index (χ4v) is 5.81. The molecule has 0 spiro atoms. The molecule has 0 bridgehead atoms. The molecule has 4 aliphatic carbocycles. The first-order chi connectivity index (χ1) is 10.6. The van der Waals surface area contributed by atoms with E-state index in [2.05, 4.69) is 13.0 Å². The molecule has 1 saturated carbocycles. The third kappa shape index (κ3) is 1.93. The first-order valence-electron chi connectivity index (χ1n) is 8.77. The number of hydrogen-bond acceptors (Lipinski definition) is 2. The Kier molecular flexibility index (Phi) is 3.27. The SMILES string of the molecule is C[C@]12CC=C3C4=C(CC[C@H]3[C@@H]1CC[C@H]2C=C=O)CC(=O)CC4. The van der Waals surface area contributed by atoms with Gasteiger partial charge in [-0.3, -0.25) is 4.79 Å². The Morgan fingerprint density at radius 2 is 2.09 bits per heavy atom. The highest BCUT2D eigenvalue weighted by atomic mass is 16.1. The molecule has 22 heavy (non-hydrogen) atoms. The zero-order chi connectivity index (χ0) is 15.3. The molecule has 0 saturated heterocycles. The maximum atomic E-state index is 11.7. The van der Waals surface area contributed by atoms with Crippen LogP contribution >= 0.6 is 0 Å². The predicted octanol–water partition coefficient (Wildman–Crippen LogP) is 4.20. The number of hydrogen-bond donors (Lipinski definition) is 0. The van der Waals surface area contributed by atoms with E-state index in [-0.39, 0.29) is 5.41 Å².